The van der Waals surface area contributed by atoms with E-state index in [9.17, 15) is 10.1 Å². The van der Waals surface area contributed by atoms with Crippen molar-refractivity contribution < 1.29 is 4.92 Å². The number of non-ortho nitro benzene ring substituents is 1. The number of nitro groups is 1. The predicted octanol–water partition coefficient (Wildman–Crippen LogP) is 2.80. The van der Waals surface area contributed by atoms with Gasteiger partial charge in [-0.1, -0.05) is 13.3 Å². The number of hydrogen-bond donors (Lipinski definition) is 1. The molecule has 1 aromatic carbocycles. The van der Waals surface area contributed by atoms with E-state index < -0.39 is 0 Å². The first-order valence-electron chi connectivity index (χ1n) is 6.85. The molecular weight excluding hydrogens is 242 g/mol. The van der Waals surface area contributed by atoms with Gasteiger partial charge in [-0.25, -0.2) is 0 Å². The monoisotopic (exact) mass is 263 g/mol. The number of nitro benzene ring substituents is 1. The van der Waals surface area contributed by atoms with Crippen molar-refractivity contribution >= 4 is 11.4 Å². The summed E-state index contributed by atoms with van der Waals surface area (Å²) in [7, 11) is 0. The van der Waals surface area contributed by atoms with Gasteiger partial charge < -0.3 is 5.73 Å². The molecule has 5 heteroatoms. The van der Waals surface area contributed by atoms with Crippen LogP contribution in [0.3, 0.4) is 0 Å². The zero-order chi connectivity index (χ0) is 13.8. The average molecular weight is 263 g/mol. The van der Waals surface area contributed by atoms with E-state index in [1.807, 2.05) is 0 Å². The van der Waals surface area contributed by atoms with Crippen molar-refractivity contribution in [2.24, 2.45) is 5.92 Å². The topological polar surface area (TPSA) is 72.4 Å². The van der Waals surface area contributed by atoms with Crippen LogP contribution < -0.4 is 5.73 Å². The molecule has 0 amide bonds. The minimum absolute atomic E-state index is 0.119. The van der Waals surface area contributed by atoms with E-state index in [-0.39, 0.29) is 10.6 Å². The number of nitrogens with two attached hydrogens (primary N) is 1. The van der Waals surface area contributed by atoms with Crippen LogP contribution in [0.25, 0.3) is 0 Å². The molecule has 1 aromatic rings. The second-order valence-corrected chi connectivity index (χ2v) is 5.32. The SMILES string of the molecule is CCCC1CCN(Cc2cc([N+](=O)[O-])ccc2N)C1. The molecule has 1 unspecified atom stereocenters. The Morgan fingerprint density at radius 1 is 1.53 bits per heavy atom. The Morgan fingerprint density at radius 2 is 2.32 bits per heavy atom. The van der Waals surface area contributed by atoms with Crippen molar-refractivity contribution in [2.75, 3.05) is 18.8 Å². The normalized spacial score (nSPS) is 19.7. The number of hydrogen-bond acceptors (Lipinski definition) is 4. The van der Waals surface area contributed by atoms with Crippen molar-refractivity contribution in [1.82, 2.24) is 4.90 Å². The molecule has 1 saturated heterocycles. The fourth-order valence-electron chi connectivity index (χ4n) is 2.78. The third-order valence-electron chi connectivity index (χ3n) is 3.80. The van der Waals surface area contributed by atoms with Crippen LogP contribution in [-0.4, -0.2) is 22.9 Å². The smallest absolute Gasteiger partial charge is 0.269 e. The van der Waals surface area contributed by atoms with E-state index in [2.05, 4.69) is 11.8 Å². The maximum absolute atomic E-state index is 10.8. The molecule has 0 saturated carbocycles. The van der Waals surface area contributed by atoms with Crippen molar-refractivity contribution in [2.45, 2.75) is 32.7 Å². The third-order valence-corrected chi connectivity index (χ3v) is 3.80. The van der Waals surface area contributed by atoms with Gasteiger partial charge in [0.25, 0.3) is 5.69 Å². The van der Waals surface area contributed by atoms with Crippen LogP contribution in [0.1, 0.15) is 31.7 Å². The highest BCUT2D eigenvalue weighted by Crippen LogP contribution is 2.26. The molecule has 0 radical (unpaired) electrons. The summed E-state index contributed by atoms with van der Waals surface area (Å²) in [5.74, 6) is 0.768. The molecular formula is C14H21N3O2. The lowest BCUT2D eigenvalue weighted by molar-refractivity contribution is -0.384. The number of anilines is 1. The molecule has 1 aliphatic heterocycles. The highest BCUT2D eigenvalue weighted by atomic mass is 16.6. The molecule has 19 heavy (non-hydrogen) atoms. The third kappa shape index (κ3) is 3.44. The van der Waals surface area contributed by atoms with Crippen LogP contribution in [0.5, 0.6) is 0 Å². The number of benzene rings is 1. The number of likely N-dealkylation sites (tertiary alicyclic amines) is 1. The summed E-state index contributed by atoms with van der Waals surface area (Å²) in [6.45, 7) is 5.07. The Morgan fingerprint density at radius 3 is 3.00 bits per heavy atom. The van der Waals surface area contributed by atoms with Crippen molar-refractivity contribution in [3.05, 3.63) is 33.9 Å². The highest BCUT2D eigenvalue weighted by Gasteiger charge is 2.22. The van der Waals surface area contributed by atoms with Crippen molar-refractivity contribution in [3.8, 4) is 0 Å². The Hall–Kier alpha value is -1.62. The van der Waals surface area contributed by atoms with Gasteiger partial charge in [0.1, 0.15) is 0 Å². The standard InChI is InChI=1S/C14H21N3O2/c1-2-3-11-6-7-16(9-11)10-12-8-13(17(18)19)4-5-14(12)15/h4-5,8,11H,2-3,6-7,9-10,15H2,1H3. The molecule has 1 fully saturated rings. The molecule has 1 aliphatic rings. The van der Waals surface area contributed by atoms with E-state index in [0.29, 0.717) is 12.2 Å². The van der Waals surface area contributed by atoms with Crippen LogP contribution in [0.15, 0.2) is 18.2 Å². The molecule has 0 spiro atoms. The summed E-state index contributed by atoms with van der Waals surface area (Å²) < 4.78 is 0. The number of nitrogen functional groups attached to an aromatic ring is 1. The van der Waals surface area contributed by atoms with E-state index in [1.54, 1.807) is 12.1 Å². The first-order chi connectivity index (χ1) is 9.10. The summed E-state index contributed by atoms with van der Waals surface area (Å²) in [6.07, 6.45) is 3.71. The van der Waals surface area contributed by atoms with Gasteiger partial charge >= 0.3 is 0 Å². The highest BCUT2D eigenvalue weighted by molar-refractivity contribution is 5.52. The van der Waals surface area contributed by atoms with E-state index in [4.69, 9.17) is 5.73 Å². The van der Waals surface area contributed by atoms with Gasteiger partial charge in [0.05, 0.1) is 4.92 Å². The first-order valence-corrected chi connectivity index (χ1v) is 6.85. The molecule has 0 aromatic heterocycles. The maximum Gasteiger partial charge on any atom is 0.269 e. The molecule has 2 rings (SSSR count). The largest absolute Gasteiger partial charge is 0.398 e. The fourth-order valence-corrected chi connectivity index (χ4v) is 2.78. The number of rotatable bonds is 5. The van der Waals surface area contributed by atoms with Crippen LogP contribution in [0.4, 0.5) is 11.4 Å². The summed E-state index contributed by atoms with van der Waals surface area (Å²) in [5.41, 5.74) is 7.54. The van der Waals surface area contributed by atoms with Crippen LogP contribution in [0.2, 0.25) is 0 Å². The van der Waals surface area contributed by atoms with Crippen LogP contribution in [-0.2, 0) is 6.54 Å². The summed E-state index contributed by atoms with van der Waals surface area (Å²) >= 11 is 0. The molecule has 5 nitrogen and oxygen atoms in total. The minimum atomic E-state index is -0.368. The van der Waals surface area contributed by atoms with Crippen LogP contribution >= 0.6 is 0 Å². The van der Waals surface area contributed by atoms with Crippen molar-refractivity contribution in [3.63, 3.8) is 0 Å². The molecule has 2 N–H and O–H groups in total. The van der Waals surface area contributed by atoms with Crippen LogP contribution in [0, 0.1) is 16.0 Å². The summed E-state index contributed by atoms with van der Waals surface area (Å²) in [5, 5.41) is 10.8. The zero-order valence-corrected chi connectivity index (χ0v) is 11.3. The second-order valence-electron chi connectivity index (χ2n) is 5.32. The quantitative estimate of drug-likeness (QED) is 0.503. The zero-order valence-electron chi connectivity index (χ0n) is 11.3. The van der Waals surface area contributed by atoms with Crippen molar-refractivity contribution in [1.29, 1.82) is 0 Å². The summed E-state index contributed by atoms with van der Waals surface area (Å²) in [4.78, 5) is 12.8. The Balaban J connectivity index is 2.03. The predicted molar refractivity (Wildman–Crippen MR) is 75.8 cm³/mol. The van der Waals surface area contributed by atoms with Gasteiger partial charge in [-0.15, -0.1) is 0 Å². The average Bonchev–Trinajstić information content (AvgIpc) is 2.80. The fraction of sp³-hybridized carbons (Fsp3) is 0.571. The van der Waals surface area contributed by atoms with Gasteiger partial charge in [-0.3, -0.25) is 15.0 Å². The molecule has 104 valence electrons. The summed E-state index contributed by atoms with van der Waals surface area (Å²) in [6, 6.07) is 4.69. The van der Waals surface area contributed by atoms with Gasteiger partial charge in [0.2, 0.25) is 0 Å². The number of nitrogens with zero attached hydrogens (tertiary/aromatic N) is 2. The lowest BCUT2D eigenvalue weighted by atomic mass is 10.0. The Labute approximate surface area is 113 Å². The first kappa shape index (κ1) is 13.8. The second kappa shape index (κ2) is 6.02. The van der Waals surface area contributed by atoms with Gasteiger partial charge in [0.15, 0.2) is 0 Å². The van der Waals surface area contributed by atoms with Gasteiger partial charge in [-0.05, 0) is 36.9 Å². The van der Waals surface area contributed by atoms with E-state index in [1.165, 1.54) is 25.3 Å². The van der Waals surface area contributed by atoms with Gasteiger partial charge in [-0.2, -0.15) is 0 Å². The molecule has 0 bridgehead atoms. The van der Waals surface area contributed by atoms with Gasteiger partial charge in [0, 0.05) is 30.9 Å². The Bertz CT molecular complexity index is 462. The maximum atomic E-state index is 10.8. The molecule has 0 aliphatic carbocycles. The lowest BCUT2D eigenvalue weighted by Crippen LogP contribution is -2.20. The lowest BCUT2D eigenvalue weighted by Gasteiger charge is -2.17. The molecule has 1 atom stereocenters. The Kier molecular flexibility index (Phi) is 4.37. The molecule has 1 heterocycles. The minimum Gasteiger partial charge on any atom is -0.398 e. The van der Waals surface area contributed by atoms with E-state index in [0.717, 1.165) is 24.6 Å². The van der Waals surface area contributed by atoms with E-state index >= 15 is 0 Å².